The molecule has 3 aromatic heterocycles. The number of nitrogens with zero attached hydrogens (tertiary/aromatic N) is 4. The number of benzene rings is 1. The molecule has 0 amide bonds. The van der Waals surface area contributed by atoms with Crippen LogP contribution in [0.25, 0.3) is 11.3 Å². The first-order valence-corrected chi connectivity index (χ1v) is 13.2. The van der Waals surface area contributed by atoms with Crippen molar-refractivity contribution in [3.8, 4) is 17.0 Å². The molecule has 1 aromatic carbocycles. The minimum Gasteiger partial charge on any atom is -0.489 e. The average molecular weight is 567 g/mol. The zero-order valence-electron chi connectivity index (χ0n) is 20.9. The molecule has 9 nitrogen and oxygen atoms in total. The van der Waals surface area contributed by atoms with E-state index < -0.39 is 11.6 Å². The number of carboxylic acids is 1. The fraction of sp³-hybridized carbons (Fsp3) is 0.286. The highest BCUT2D eigenvalue weighted by atomic mass is 35.5. The second kappa shape index (κ2) is 9.82. The molecule has 2 aliphatic rings. The Labute approximate surface area is 234 Å². The summed E-state index contributed by atoms with van der Waals surface area (Å²) in [6.07, 6.45) is 6.71. The molecule has 6 rings (SSSR count). The van der Waals surface area contributed by atoms with Crippen molar-refractivity contribution in [1.82, 2.24) is 15.1 Å². The van der Waals surface area contributed by atoms with E-state index in [1.807, 2.05) is 11.8 Å². The number of hydrogen-bond donors (Lipinski definition) is 2. The van der Waals surface area contributed by atoms with Gasteiger partial charge in [0.05, 0.1) is 34.3 Å². The highest BCUT2D eigenvalue weighted by molar-refractivity contribution is 6.33. The van der Waals surface area contributed by atoms with Crippen LogP contribution in [0.5, 0.6) is 5.75 Å². The van der Waals surface area contributed by atoms with Crippen molar-refractivity contribution in [3.05, 3.63) is 87.0 Å². The van der Waals surface area contributed by atoms with E-state index in [4.69, 9.17) is 37.6 Å². The van der Waals surface area contributed by atoms with Crippen LogP contribution in [-0.2, 0) is 12.2 Å². The van der Waals surface area contributed by atoms with Crippen molar-refractivity contribution in [2.45, 2.75) is 37.9 Å². The van der Waals surface area contributed by atoms with Crippen LogP contribution in [-0.4, -0.2) is 44.4 Å². The van der Waals surface area contributed by atoms with Crippen LogP contribution in [0.15, 0.2) is 53.4 Å². The van der Waals surface area contributed by atoms with Gasteiger partial charge in [0.1, 0.15) is 35.2 Å². The standard InChI is InChI=1S/C28H24Cl2N4O5/c1-15-9-31-11-22(30)24(15)25-19(26(39-33-25)16-2-3-16)12-38-18-5-6-20(21(29)8-18)28(37)13-34(14-28)23-7-4-17(10-32-23)27(35)36/h4-11,16,37H,2-3,12-14H2,1H3,(H,35,36). The fourth-order valence-electron chi connectivity index (χ4n) is 4.89. The normalized spacial score (nSPS) is 16.2. The van der Waals surface area contributed by atoms with Crippen molar-refractivity contribution in [2.24, 2.45) is 0 Å². The van der Waals surface area contributed by atoms with E-state index in [1.54, 1.807) is 36.7 Å². The predicted molar refractivity (Wildman–Crippen MR) is 145 cm³/mol. The predicted octanol–water partition coefficient (Wildman–Crippen LogP) is 5.61. The summed E-state index contributed by atoms with van der Waals surface area (Å²) in [6, 6.07) is 8.33. The molecule has 39 heavy (non-hydrogen) atoms. The Hall–Kier alpha value is -3.66. The highest BCUT2D eigenvalue weighted by Gasteiger charge is 2.44. The molecule has 2 fully saturated rings. The summed E-state index contributed by atoms with van der Waals surface area (Å²) in [7, 11) is 0. The van der Waals surface area contributed by atoms with Crippen molar-refractivity contribution in [3.63, 3.8) is 0 Å². The van der Waals surface area contributed by atoms with Gasteiger partial charge in [0.2, 0.25) is 0 Å². The number of carboxylic acid groups (broad SMARTS) is 1. The molecule has 1 aliphatic carbocycles. The third-order valence-electron chi connectivity index (χ3n) is 7.14. The Bertz CT molecular complexity index is 1540. The number of rotatable bonds is 8. The van der Waals surface area contributed by atoms with Crippen LogP contribution in [0.4, 0.5) is 5.82 Å². The first-order chi connectivity index (χ1) is 18.7. The number of pyridine rings is 2. The summed E-state index contributed by atoms with van der Waals surface area (Å²) in [6.45, 7) is 2.69. The zero-order chi connectivity index (χ0) is 27.3. The van der Waals surface area contributed by atoms with Gasteiger partial charge in [-0.3, -0.25) is 4.98 Å². The van der Waals surface area contributed by atoms with Gasteiger partial charge in [-0.25, -0.2) is 9.78 Å². The average Bonchev–Trinajstić information content (AvgIpc) is 3.66. The molecule has 0 radical (unpaired) electrons. The van der Waals surface area contributed by atoms with Crippen LogP contribution in [0, 0.1) is 6.92 Å². The summed E-state index contributed by atoms with van der Waals surface area (Å²) in [5, 5.41) is 25.5. The summed E-state index contributed by atoms with van der Waals surface area (Å²) < 4.78 is 11.9. The lowest BCUT2D eigenvalue weighted by molar-refractivity contribution is 0.00710. The summed E-state index contributed by atoms with van der Waals surface area (Å²) in [4.78, 5) is 21.2. The Morgan fingerprint density at radius 2 is 1.95 bits per heavy atom. The lowest BCUT2D eigenvalue weighted by Crippen LogP contribution is -2.60. The van der Waals surface area contributed by atoms with Gasteiger partial charge >= 0.3 is 5.97 Å². The van der Waals surface area contributed by atoms with E-state index in [0.717, 1.165) is 35.3 Å². The van der Waals surface area contributed by atoms with E-state index in [2.05, 4.69) is 15.1 Å². The van der Waals surface area contributed by atoms with Gasteiger partial charge in [0.15, 0.2) is 0 Å². The van der Waals surface area contributed by atoms with E-state index in [-0.39, 0.29) is 25.3 Å². The van der Waals surface area contributed by atoms with E-state index >= 15 is 0 Å². The molecule has 2 N–H and O–H groups in total. The summed E-state index contributed by atoms with van der Waals surface area (Å²) in [5.74, 6) is 1.22. The van der Waals surface area contributed by atoms with Gasteiger partial charge in [-0.15, -0.1) is 0 Å². The number of hydrogen-bond acceptors (Lipinski definition) is 8. The molecule has 0 bridgehead atoms. The monoisotopic (exact) mass is 566 g/mol. The Kier molecular flexibility index (Phi) is 6.45. The van der Waals surface area contributed by atoms with Crippen LogP contribution in [0.1, 0.15) is 51.6 Å². The lowest BCUT2D eigenvalue weighted by atomic mass is 9.86. The number of halogens is 2. The molecule has 4 aromatic rings. The minimum atomic E-state index is -1.17. The van der Waals surface area contributed by atoms with Gasteiger partial charge in [0.25, 0.3) is 0 Å². The molecule has 200 valence electrons. The third-order valence-corrected chi connectivity index (χ3v) is 7.74. The number of aromatic carboxylic acids is 1. The van der Waals surface area contributed by atoms with Crippen molar-refractivity contribution in [1.29, 1.82) is 0 Å². The second-order valence-corrected chi connectivity index (χ2v) is 10.8. The largest absolute Gasteiger partial charge is 0.489 e. The lowest BCUT2D eigenvalue weighted by Gasteiger charge is -2.47. The second-order valence-electron chi connectivity index (χ2n) is 9.99. The summed E-state index contributed by atoms with van der Waals surface area (Å²) >= 11 is 13.1. The van der Waals surface area contributed by atoms with Crippen molar-refractivity contribution >= 4 is 35.0 Å². The van der Waals surface area contributed by atoms with Crippen LogP contribution < -0.4 is 9.64 Å². The molecule has 0 spiro atoms. The maximum absolute atomic E-state index is 11.2. The minimum absolute atomic E-state index is 0.106. The number of aliphatic hydroxyl groups is 1. The van der Waals surface area contributed by atoms with Crippen LogP contribution in [0.3, 0.4) is 0 Å². The fourth-order valence-corrected chi connectivity index (χ4v) is 5.53. The number of anilines is 1. The molecule has 1 saturated heterocycles. The summed E-state index contributed by atoms with van der Waals surface area (Å²) in [5.41, 5.74) is 2.69. The van der Waals surface area contributed by atoms with E-state index in [0.29, 0.717) is 38.8 Å². The maximum Gasteiger partial charge on any atom is 0.337 e. The quantitative estimate of drug-likeness (QED) is 0.280. The Balaban J connectivity index is 1.18. The van der Waals surface area contributed by atoms with Crippen LogP contribution >= 0.6 is 23.2 Å². The zero-order valence-corrected chi connectivity index (χ0v) is 22.4. The first-order valence-electron chi connectivity index (χ1n) is 12.4. The molecule has 0 atom stereocenters. The molecule has 1 aliphatic heterocycles. The number of carbonyl (C=O) groups is 1. The highest BCUT2D eigenvalue weighted by Crippen LogP contribution is 2.45. The van der Waals surface area contributed by atoms with Gasteiger partial charge in [0, 0.05) is 35.6 Å². The van der Waals surface area contributed by atoms with Gasteiger partial charge in [-0.1, -0.05) is 34.4 Å². The maximum atomic E-state index is 11.2. The molecule has 1 saturated carbocycles. The molecular weight excluding hydrogens is 543 g/mol. The van der Waals surface area contributed by atoms with E-state index in [1.165, 1.54) is 12.3 Å². The SMILES string of the molecule is Cc1cncc(Cl)c1-c1noc(C2CC2)c1COc1ccc(C2(O)CN(c3ccc(C(=O)O)cn3)C2)c(Cl)c1. The topological polar surface area (TPSA) is 122 Å². The van der Waals surface area contributed by atoms with E-state index in [9.17, 15) is 9.90 Å². The number of aryl methyl sites for hydroxylation is 1. The molecule has 4 heterocycles. The number of aromatic nitrogens is 3. The molecule has 0 unspecified atom stereocenters. The van der Waals surface area contributed by atoms with Crippen LogP contribution in [0.2, 0.25) is 10.0 Å². The van der Waals surface area contributed by atoms with Gasteiger partial charge < -0.3 is 24.4 Å². The Morgan fingerprint density at radius 1 is 1.15 bits per heavy atom. The van der Waals surface area contributed by atoms with Gasteiger partial charge in [-0.05, 0) is 49.6 Å². The first kappa shape index (κ1) is 25.6. The number of β-amino-alcohol motifs (C(OH)–C–C–N with tert-alkyl or cyclic N) is 1. The van der Waals surface area contributed by atoms with Crippen molar-refractivity contribution < 1.29 is 24.3 Å². The molecule has 11 heteroatoms. The smallest absolute Gasteiger partial charge is 0.337 e. The van der Waals surface area contributed by atoms with Crippen molar-refractivity contribution in [2.75, 3.05) is 18.0 Å². The van der Waals surface area contributed by atoms with Gasteiger partial charge in [-0.2, -0.15) is 0 Å². The number of ether oxygens (including phenoxy) is 1. The Morgan fingerprint density at radius 3 is 2.59 bits per heavy atom. The third kappa shape index (κ3) is 4.82. The molecular formula is C28H24Cl2N4O5.